The fourth-order valence-electron chi connectivity index (χ4n) is 3.79. The topological polar surface area (TPSA) is 46.6 Å². The van der Waals surface area contributed by atoms with Gasteiger partial charge >= 0.3 is 6.09 Å². The summed E-state index contributed by atoms with van der Waals surface area (Å²) in [5.74, 6) is -0.502. The molecule has 32 heavy (non-hydrogen) atoms. The molecule has 3 aromatic carbocycles. The summed E-state index contributed by atoms with van der Waals surface area (Å²) in [6.07, 6.45) is -0.0784. The number of hydrogen-bond donors (Lipinski definition) is 0. The van der Waals surface area contributed by atoms with E-state index >= 15 is 0 Å². The first kappa shape index (κ1) is 23.4. The summed E-state index contributed by atoms with van der Waals surface area (Å²) in [7, 11) is 5.10. The second-order valence-corrected chi connectivity index (χ2v) is 8.46. The average molecular weight is 438 g/mol. The Morgan fingerprint density at radius 2 is 1.59 bits per heavy atom. The SMILES string of the molecule is CCOC(=O)[N+](C)(C)C(Cc1ccc2ccccc2c1)C(=O)N(C)Cc1ccc(F)cc1. The Morgan fingerprint density at radius 3 is 2.25 bits per heavy atom. The number of hydrogen-bond acceptors (Lipinski definition) is 3. The Hall–Kier alpha value is -3.25. The van der Waals surface area contributed by atoms with Crippen LogP contribution in [0.5, 0.6) is 0 Å². The van der Waals surface area contributed by atoms with Crippen molar-refractivity contribution in [3.05, 3.63) is 83.7 Å². The molecule has 0 aliphatic carbocycles. The van der Waals surface area contributed by atoms with Crippen molar-refractivity contribution in [3.63, 3.8) is 0 Å². The van der Waals surface area contributed by atoms with Gasteiger partial charge in [-0.3, -0.25) is 4.79 Å². The lowest BCUT2D eigenvalue weighted by molar-refractivity contribution is -0.834. The summed E-state index contributed by atoms with van der Waals surface area (Å²) in [6.45, 7) is 2.30. The van der Waals surface area contributed by atoms with Gasteiger partial charge < -0.3 is 9.64 Å². The van der Waals surface area contributed by atoms with Crippen molar-refractivity contribution < 1.29 is 23.2 Å². The molecule has 0 N–H and O–H groups in total. The summed E-state index contributed by atoms with van der Waals surface area (Å²) in [6, 6.07) is 19.5. The van der Waals surface area contributed by atoms with Crippen LogP contribution in [0.25, 0.3) is 10.8 Å². The van der Waals surface area contributed by atoms with Crippen LogP contribution < -0.4 is 0 Å². The number of halogens is 1. The lowest BCUT2D eigenvalue weighted by Crippen LogP contribution is -2.60. The first-order chi connectivity index (χ1) is 15.2. The largest absolute Gasteiger partial charge is 0.516 e. The smallest absolute Gasteiger partial charge is 0.420 e. The van der Waals surface area contributed by atoms with E-state index in [1.54, 1.807) is 45.1 Å². The predicted molar refractivity (Wildman–Crippen MR) is 123 cm³/mol. The molecule has 0 spiro atoms. The molecule has 0 radical (unpaired) electrons. The molecule has 3 rings (SSSR count). The number of rotatable bonds is 7. The summed E-state index contributed by atoms with van der Waals surface area (Å²) in [5, 5.41) is 2.20. The minimum atomic E-state index is -0.680. The van der Waals surface area contributed by atoms with Crippen LogP contribution in [-0.4, -0.2) is 55.2 Å². The quantitative estimate of drug-likeness (QED) is 0.500. The van der Waals surface area contributed by atoms with Gasteiger partial charge in [0, 0.05) is 20.0 Å². The van der Waals surface area contributed by atoms with Crippen LogP contribution in [0.4, 0.5) is 9.18 Å². The van der Waals surface area contributed by atoms with Gasteiger partial charge in [0.1, 0.15) is 5.82 Å². The van der Waals surface area contributed by atoms with Gasteiger partial charge in [0.15, 0.2) is 6.04 Å². The molecule has 0 saturated heterocycles. The lowest BCUT2D eigenvalue weighted by atomic mass is 9.99. The number of ether oxygens (including phenoxy) is 1. The normalized spacial score (nSPS) is 12.4. The molecule has 3 aromatic rings. The van der Waals surface area contributed by atoms with Crippen molar-refractivity contribution in [2.24, 2.45) is 0 Å². The van der Waals surface area contributed by atoms with E-state index in [4.69, 9.17) is 4.74 Å². The maximum Gasteiger partial charge on any atom is 0.516 e. The number of fused-ring (bicyclic) bond motifs is 1. The summed E-state index contributed by atoms with van der Waals surface area (Å²) in [4.78, 5) is 27.9. The molecule has 0 bridgehead atoms. The number of benzene rings is 3. The molecule has 6 heteroatoms. The number of carbonyl (C=O) groups is 2. The molecule has 0 heterocycles. The van der Waals surface area contributed by atoms with Gasteiger partial charge in [0.2, 0.25) is 0 Å². The zero-order valence-electron chi connectivity index (χ0n) is 19.0. The Bertz CT molecular complexity index is 1100. The highest BCUT2D eigenvalue weighted by atomic mass is 19.1. The van der Waals surface area contributed by atoms with Crippen molar-refractivity contribution in [1.82, 2.24) is 4.90 Å². The summed E-state index contributed by atoms with van der Waals surface area (Å²) in [5.41, 5.74) is 1.78. The lowest BCUT2D eigenvalue weighted by Gasteiger charge is -2.35. The monoisotopic (exact) mass is 437 g/mol. The number of amides is 2. The van der Waals surface area contributed by atoms with Gasteiger partial charge in [-0.15, -0.1) is 0 Å². The molecule has 0 aliphatic heterocycles. The zero-order chi connectivity index (χ0) is 23.3. The van der Waals surface area contributed by atoms with Crippen molar-refractivity contribution in [1.29, 1.82) is 0 Å². The van der Waals surface area contributed by atoms with E-state index in [9.17, 15) is 14.0 Å². The Morgan fingerprint density at radius 1 is 0.969 bits per heavy atom. The van der Waals surface area contributed by atoms with E-state index in [2.05, 4.69) is 6.07 Å². The molecule has 0 fully saturated rings. The van der Waals surface area contributed by atoms with Crippen LogP contribution in [0, 0.1) is 5.82 Å². The molecule has 168 valence electrons. The molecule has 1 unspecified atom stereocenters. The van der Waals surface area contributed by atoms with Crippen LogP contribution in [0.3, 0.4) is 0 Å². The number of quaternary nitrogens is 1. The Balaban J connectivity index is 1.90. The second kappa shape index (κ2) is 9.92. The molecule has 0 aromatic heterocycles. The van der Waals surface area contributed by atoms with Gasteiger partial charge in [-0.25, -0.2) is 8.87 Å². The second-order valence-electron chi connectivity index (χ2n) is 8.46. The van der Waals surface area contributed by atoms with E-state index in [0.29, 0.717) is 13.0 Å². The van der Waals surface area contributed by atoms with Crippen LogP contribution in [0.1, 0.15) is 18.1 Å². The molecule has 5 nitrogen and oxygen atoms in total. The third-order valence-electron chi connectivity index (χ3n) is 5.75. The highest BCUT2D eigenvalue weighted by Gasteiger charge is 2.44. The molecule has 1 atom stereocenters. The fourth-order valence-corrected chi connectivity index (χ4v) is 3.79. The summed E-state index contributed by atoms with van der Waals surface area (Å²) < 4.78 is 18.3. The van der Waals surface area contributed by atoms with E-state index in [0.717, 1.165) is 21.9 Å². The van der Waals surface area contributed by atoms with Crippen LogP contribution in [0.15, 0.2) is 66.7 Å². The molecule has 2 amide bonds. The maximum atomic E-state index is 13.6. The van der Waals surface area contributed by atoms with E-state index in [-0.39, 0.29) is 22.8 Å². The van der Waals surface area contributed by atoms with E-state index in [1.807, 2.05) is 36.4 Å². The standard InChI is InChI=1S/C26H30FN2O3/c1-5-32-26(31)29(3,4)24(17-20-10-13-21-8-6-7-9-22(21)16-20)25(30)28(2)18-19-11-14-23(27)15-12-19/h6-16,24H,5,17-18H2,1-4H3/q+1. The first-order valence-corrected chi connectivity index (χ1v) is 10.7. The van der Waals surface area contributed by atoms with E-state index in [1.165, 1.54) is 12.1 Å². The summed E-state index contributed by atoms with van der Waals surface area (Å²) >= 11 is 0. The minimum Gasteiger partial charge on any atom is -0.420 e. The minimum absolute atomic E-state index is 0.180. The van der Waals surface area contributed by atoms with Crippen molar-refractivity contribution in [3.8, 4) is 0 Å². The van der Waals surface area contributed by atoms with Crippen molar-refractivity contribution in [2.45, 2.75) is 25.9 Å². The fraction of sp³-hybridized carbons (Fsp3) is 0.308. The van der Waals surface area contributed by atoms with Crippen LogP contribution in [-0.2, 0) is 22.5 Å². The van der Waals surface area contributed by atoms with Crippen LogP contribution >= 0.6 is 0 Å². The first-order valence-electron chi connectivity index (χ1n) is 10.7. The molecular formula is C26H30FN2O3+. The third-order valence-corrected chi connectivity index (χ3v) is 5.75. The van der Waals surface area contributed by atoms with E-state index < -0.39 is 12.1 Å². The van der Waals surface area contributed by atoms with Crippen molar-refractivity contribution in [2.75, 3.05) is 27.7 Å². The average Bonchev–Trinajstić information content (AvgIpc) is 2.78. The maximum absolute atomic E-state index is 13.6. The highest BCUT2D eigenvalue weighted by Crippen LogP contribution is 2.22. The van der Waals surface area contributed by atoms with Gasteiger partial charge in [0.25, 0.3) is 5.91 Å². The van der Waals surface area contributed by atoms with Crippen LogP contribution in [0.2, 0.25) is 0 Å². The zero-order valence-corrected chi connectivity index (χ0v) is 19.0. The van der Waals surface area contributed by atoms with Gasteiger partial charge in [-0.2, -0.15) is 4.79 Å². The number of nitrogens with zero attached hydrogens (tertiary/aromatic N) is 2. The predicted octanol–water partition coefficient (Wildman–Crippen LogP) is 4.78. The molecular weight excluding hydrogens is 407 g/mol. The van der Waals surface area contributed by atoms with Gasteiger partial charge in [-0.1, -0.05) is 54.6 Å². The molecule has 0 aliphatic rings. The third kappa shape index (κ3) is 5.32. The van der Waals surface area contributed by atoms with Crippen molar-refractivity contribution >= 4 is 22.8 Å². The van der Waals surface area contributed by atoms with Gasteiger partial charge in [0.05, 0.1) is 20.7 Å². The van der Waals surface area contributed by atoms with Gasteiger partial charge in [-0.05, 0) is 41.0 Å². The number of carbonyl (C=O) groups excluding carboxylic acids is 2. The molecule has 0 saturated carbocycles. The number of likely N-dealkylation sites (N-methyl/N-ethyl adjacent to an activating group) is 2. The highest BCUT2D eigenvalue weighted by molar-refractivity contribution is 5.85. The Kier molecular flexibility index (Phi) is 7.26. The Labute approximate surface area is 188 Å².